The second-order valence-corrected chi connectivity index (χ2v) is 4.97. The molecule has 4 N–H and O–H groups in total. The van der Waals surface area contributed by atoms with Crippen molar-refractivity contribution in [3.63, 3.8) is 0 Å². The van der Waals surface area contributed by atoms with E-state index in [9.17, 15) is 9.90 Å². The molecule has 0 radical (unpaired) electrons. The fourth-order valence-corrected chi connectivity index (χ4v) is 2.32. The van der Waals surface area contributed by atoms with Crippen LogP contribution in [0.5, 0.6) is 5.75 Å². The summed E-state index contributed by atoms with van der Waals surface area (Å²) in [6.07, 6.45) is 1.04. The van der Waals surface area contributed by atoms with Crippen LogP contribution in [0.4, 0.5) is 0 Å². The summed E-state index contributed by atoms with van der Waals surface area (Å²) in [7, 11) is 0. The van der Waals surface area contributed by atoms with Gasteiger partial charge in [0.05, 0.1) is 5.69 Å². The number of nitrogens with zero attached hydrogens (tertiary/aromatic N) is 4. The molecule has 0 aliphatic rings. The van der Waals surface area contributed by atoms with E-state index >= 15 is 0 Å². The Bertz CT molecular complexity index is 571. The number of aromatic nitrogens is 4. The second-order valence-electron chi connectivity index (χ2n) is 3.91. The van der Waals surface area contributed by atoms with Crippen LogP contribution in [0.1, 0.15) is 12.8 Å². The normalized spacial score (nSPS) is 10.4. The van der Waals surface area contributed by atoms with E-state index in [1.165, 1.54) is 11.8 Å². The molecule has 20 heavy (non-hydrogen) atoms. The van der Waals surface area contributed by atoms with Crippen LogP contribution in [0, 0.1) is 0 Å². The first-order valence-corrected chi connectivity index (χ1v) is 6.89. The molecule has 106 valence electrons. The molecule has 0 spiro atoms. The fourth-order valence-electron chi connectivity index (χ4n) is 1.49. The number of amides is 1. The van der Waals surface area contributed by atoms with Crippen molar-refractivity contribution in [3.05, 3.63) is 24.3 Å². The Labute approximate surface area is 119 Å². The quantitative estimate of drug-likeness (QED) is 0.229. The molecule has 9 heteroatoms. The third kappa shape index (κ3) is 3.68. The highest BCUT2D eigenvalue weighted by Gasteiger charge is 2.09. The zero-order valence-corrected chi connectivity index (χ0v) is 11.4. The number of carbonyl (C=O) groups excluding carboxylic acids is 1. The molecule has 0 saturated carbocycles. The molecule has 0 saturated heterocycles. The maximum absolute atomic E-state index is 11.0. The minimum absolute atomic E-state index is 0.184. The number of nitrogens with one attached hydrogen (secondary N) is 1. The van der Waals surface area contributed by atoms with Crippen LogP contribution < -0.4 is 11.3 Å². The van der Waals surface area contributed by atoms with Crippen LogP contribution in [0.25, 0.3) is 5.69 Å². The van der Waals surface area contributed by atoms with Crippen LogP contribution in [0.15, 0.2) is 29.4 Å². The largest absolute Gasteiger partial charge is 0.508 e. The van der Waals surface area contributed by atoms with Gasteiger partial charge in [-0.3, -0.25) is 10.2 Å². The van der Waals surface area contributed by atoms with Gasteiger partial charge in [-0.1, -0.05) is 11.8 Å². The molecule has 8 nitrogen and oxygen atoms in total. The van der Waals surface area contributed by atoms with Crippen molar-refractivity contribution in [2.45, 2.75) is 18.0 Å². The summed E-state index contributed by atoms with van der Waals surface area (Å²) < 4.78 is 1.58. The number of tetrazole rings is 1. The maximum atomic E-state index is 11.0. The average molecular weight is 294 g/mol. The highest BCUT2D eigenvalue weighted by molar-refractivity contribution is 7.99. The molecule has 1 amide bonds. The summed E-state index contributed by atoms with van der Waals surface area (Å²) in [5.74, 6) is 5.69. The summed E-state index contributed by atoms with van der Waals surface area (Å²) in [5.41, 5.74) is 2.84. The highest BCUT2D eigenvalue weighted by atomic mass is 32.2. The zero-order chi connectivity index (χ0) is 14.4. The van der Waals surface area contributed by atoms with Gasteiger partial charge in [-0.2, -0.15) is 4.68 Å². The van der Waals surface area contributed by atoms with Crippen molar-refractivity contribution in [2.75, 3.05) is 5.75 Å². The minimum Gasteiger partial charge on any atom is -0.508 e. The number of hydrogen-bond acceptors (Lipinski definition) is 7. The predicted molar refractivity (Wildman–Crippen MR) is 73.1 cm³/mol. The lowest BCUT2D eigenvalue weighted by Crippen LogP contribution is -2.29. The monoisotopic (exact) mass is 294 g/mol. The van der Waals surface area contributed by atoms with Crippen molar-refractivity contribution in [3.8, 4) is 11.4 Å². The summed E-state index contributed by atoms with van der Waals surface area (Å²) >= 11 is 1.45. The summed E-state index contributed by atoms with van der Waals surface area (Å²) in [4.78, 5) is 11.0. The van der Waals surface area contributed by atoms with Gasteiger partial charge in [-0.15, -0.1) is 5.10 Å². The van der Waals surface area contributed by atoms with Crippen molar-refractivity contribution < 1.29 is 9.90 Å². The molecular formula is C11H14N6O2S. The number of thioether (sulfide) groups is 1. The van der Waals surface area contributed by atoms with E-state index in [1.807, 2.05) is 0 Å². The number of hydrazine groups is 1. The van der Waals surface area contributed by atoms with E-state index in [0.29, 0.717) is 23.8 Å². The Morgan fingerprint density at radius 3 is 2.85 bits per heavy atom. The lowest BCUT2D eigenvalue weighted by Gasteiger charge is -2.04. The lowest BCUT2D eigenvalue weighted by molar-refractivity contribution is -0.121. The first-order valence-electron chi connectivity index (χ1n) is 5.90. The molecule has 2 rings (SSSR count). The molecule has 1 aromatic carbocycles. The Morgan fingerprint density at radius 1 is 1.40 bits per heavy atom. The van der Waals surface area contributed by atoms with Crippen molar-refractivity contribution in [1.29, 1.82) is 0 Å². The van der Waals surface area contributed by atoms with Gasteiger partial charge in [0.1, 0.15) is 5.75 Å². The summed E-state index contributed by atoms with van der Waals surface area (Å²) in [6, 6.07) is 6.57. The van der Waals surface area contributed by atoms with Gasteiger partial charge in [-0.05, 0) is 41.1 Å². The van der Waals surface area contributed by atoms with E-state index in [0.717, 1.165) is 5.69 Å². The SMILES string of the molecule is NNC(=O)CCCSc1nnnn1-c1ccc(O)cc1. The molecule has 0 unspecified atom stereocenters. The fraction of sp³-hybridized carbons (Fsp3) is 0.273. The van der Waals surface area contributed by atoms with Crippen LogP contribution in [0.2, 0.25) is 0 Å². The van der Waals surface area contributed by atoms with Gasteiger partial charge in [0.2, 0.25) is 11.1 Å². The number of phenolic OH excluding ortho intramolecular Hbond substituents is 1. The van der Waals surface area contributed by atoms with Gasteiger partial charge in [-0.25, -0.2) is 5.84 Å². The first-order chi connectivity index (χ1) is 9.70. The molecule has 0 bridgehead atoms. The van der Waals surface area contributed by atoms with Crippen LogP contribution in [0.3, 0.4) is 0 Å². The summed E-state index contributed by atoms with van der Waals surface area (Å²) in [6.45, 7) is 0. The molecular weight excluding hydrogens is 280 g/mol. The van der Waals surface area contributed by atoms with Crippen molar-refractivity contribution in [2.24, 2.45) is 5.84 Å². The second kappa shape index (κ2) is 6.87. The number of rotatable bonds is 6. The molecule has 0 fully saturated rings. The van der Waals surface area contributed by atoms with Crippen molar-refractivity contribution in [1.82, 2.24) is 25.6 Å². The smallest absolute Gasteiger partial charge is 0.233 e. The average Bonchev–Trinajstić information content (AvgIpc) is 2.92. The Kier molecular flexibility index (Phi) is 4.91. The zero-order valence-electron chi connectivity index (χ0n) is 10.6. The van der Waals surface area contributed by atoms with E-state index in [2.05, 4.69) is 21.0 Å². The minimum atomic E-state index is -0.191. The maximum Gasteiger partial charge on any atom is 0.233 e. The third-order valence-electron chi connectivity index (χ3n) is 2.48. The van der Waals surface area contributed by atoms with Gasteiger partial charge in [0.15, 0.2) is 0 Å². The standard InChI is InChI=1S/C11H14N6O2S/c12-13-10(19)2-1-7-20-11-14-15-16-17(11)8-3-5-9(18)6-4-8/h3-6,18H,1-2,7,12H2,(H,13,19). The van der Waals surface area contributed by atoms with E-state index < -0.39 is 0 Å². The number of carbonyl (C=O) groups is 1. The number of aromatic hydroxyl groups is 1. The molecule has 0 aliphatic carbocycles. The molecule has 2 aromatic rings. The first kappa shape index (κ1) is 14.3. The van der Waals surface area contributed by atoms with Gasteiger partial charge in [0, 0.05) is 12.2 Å². The Morgan fingerprint density at radius 2 is 2.15 bits per heavy atom. The third-order valence-corrected chi connectivity index (χ3v) is 3.48. The van der Waals surface area contributed by atoms with Crippen molar-refractivity contribution >= 4 is 17.7 Å². The van der Waals surface area contributed by atoms with Gasteiger partial charge >= 0.3 is 0 Å². The number of benzene rings is 1. The molecule has 1 aromatic heterocycles. The Balaban J connectivity index is 1.95. The van der Waals surface area contributed by atoms with E-state index in [1.54, 1.807) is 28.9 Å². The highest BCUT2D eigenvalue weighted by Crippen LogP contribution is 2.20. The van der Waals surface area contributed by atoms with Crippen LogP contribution in [-0.4, -0.2) is 37.0 Å². The molecule has 1 heterocycles. The molecule has 0 atom stereocenters. The number of nitrogens with two attached hydrogens (primary N) is 1. The predicted octanol–water partition coefficient (Wildman–Crippen LogP) is 0.230. The number of hydrogen-bond donors (Lipinski definition) is 3. The van der Waals surface area contributed by atoms with Gasteiger partial charge in [0.25, 0.3) is 0 Å². The Hall–Kier alpha value is -2.13. The number of phenols is 1. The lowest BCUT2D eigenvalue weighted by atomic mass is 10.3. The van der Waals surface area contributed by atoms with E-state index in [-0.39, 0.29) is 11.7 Å². The van der Waals surface area contributed by atoms with Crippen LogP contribution in [-0.2, 0) is 4.79 Å². The van der Waals surface area contributed by atoms with Crippen LogP contribution >= 0.6 is 11.8 Å². The van der Waals surface area contributed by atoms with E-state index in [4.69, 9.17) is 5.84 Å². The van der Waals surface area contributed by atoms with Gasteiger partial charge < -0.3 is 5.11 Å². The topological polar surface area (TPSA) is 119 Å². The summed E-state index contributed by atoms with van der Waals surface area (Å²) in [5, 5.41) is 21.3. The molecule has 0 aliphatic heterocycles.